The van der Waals surface area contributed by atoms with Gasteiger partial charge in [-0.05, 0) is 29.8 Å². The van der Waals surface area contributed by atoms with Gasteiger partial charge >= 0.3 is 0 Å². The van der Waals surface area contributed by atoms with E-state index in [0.717, 1.165) is 10.0 Å². The highest BCUT2D eigenvalue weighted by molar-refractivity contribution is 9.10. The molecular weight excluding hydrogens is 336 g/mol. The molecule has 0 radical (unpaired) electrons. The van der Waals surface area contributed by atoms with E-state index in [1.807, 2.05) is 24.3 Å². The van der Waals surface area contributed by atoms with Crippen molar-refractivity contribution in [2.24, 2.45) is 0 Å². The topological polar surface area (TPSA) is 72.2 Å². The molecule has 0 spiro atoms. The third kappa shape index (κ3) is 4.25. The summed E-state index contributed by atoms with van der Waals surface area (Å²) in [6.45, 7) is 0. The molecule has 0 atom stereocenters. The first kappa shape index (κ1) is 14.9. The summed E-state index contributed by atoms with van der Waals surface area (Å²) >= 11 is 3.34. The molecule has 0 aromatic heterocycles. The highest BCUT2D eigenvalue weighted by Gasteiger charge is 2.13. The molecule has 0 bridgehead atoms. The van der Waals surface area contributed by atoms with Gasteiger partial charge in [-0.25, -0.2) is 0 Å². The summed E-state index contributed by atoms with van der Waals surface area (Å²) < 4.78 is 0.906. The molecule has 0 unspecified atom stereocenters. The van der Waals surface area contributed by atoms with E-state index in [9.17, 15) is 14.9 Å². The second-order valence-electron chi connectivity index (χ2n) is 4.15. The number of rotatable bonds is 4. The number of para-hydroxylation sites is 2. The molecule has 6 heteroatoms. The van der Waals surface area contributed by atoms with Gasteiger partial charge in [-0.1, -0.05) is 40.2 Å². The lowest BCUT2D eigenvalue weighted by Crippen LogP contribution is -2.09. The highest BCUT2D eigenvalue weighted by atomic mass is 79.9. The lowest BCUT2D eigenvalue weighted by Gasteiger charge is -2.02. The SMILES string of the molecule is O=C(/C=C/c1cccc(Br)c1)Nc1ccccc1[N+](=O)[O-]. The fourth-order valence-corrected chi connectivity index (χ4v) is 2.11. The summed E-state index contributed by atoms with van der Waals surface area (Å²) in [5.74, 6) is -0.427. The van der Waals surface area contributed by atoms with Crippen LogP contribution in [0, 0.1) is 10.1 Å². The van der Waals surface area contributed by atoms with E-state index >= 15 is 0 Å². The Labute approximate surface area is 129 Å². The average Bonchev–Trinajstić information content (AvgIpc) is 2.45. The zero-order chi connectivity index (χ0) is 15.2. The van der Waals surface area contributed by atoms with Crippen LogP contribution in [0.5, 0.6) is 0 Å². The quantitative estimate of drug-likeness (QED) is 0.516. The fraction of sp³-hybridized carbons (Fsp3) is 0. The molecule has 106 valence electrons. The first-order chi connectivity index (χ1) is 10.1. The number of carbonyl (C=O) groups is 1. The molecular formula is C15H11BrN2O3. The van der Waals surface area contributed by atoms with E-state index in [4.69, 9.17) is 0 Å². The van der Waals surface area contributed by atoms with Crippen molar-refractivity contribution in [1.82, 2.24) is 0 Å². The lowest BCUT2D eigenvalue weighted by atomic mass is 10.2. The van der Waals surface area contributed by atoms with E-state index < -0.39 is 10.8 Å². The van der Waals surface area contributed by atoms with Crippen LogP contribution in [-0.2, 0) is 4.79 Å². The normalized spacial score (nSPS) is 10.5. The standard InChI is InChI=1S/C15H11BrN2O3/c16-12-5-3-4-11(10-12)8-9-15(19)17-13-6-1-2-7-14(13)18(20)21/h1-10H,(H,17,19)/b9-8+. The maximum absolute atomic E-state index is 11.8. The Morgan fingerprint density at radius 1 is 1.19 bits per heavy atom. The molecule has 1 amide bonds. The third-order valence-electron chi connectivity index (χ3n) is 2.63. The third-order valence-corrected chi connectivity index (χ3v) is 3.13. The predicted octanol–water partition coefficient (Wildman–Crippen LogP) is 4.01. The number of hydrogen-bond acceptors (Lipinski definition) is 3. The summed E-state index contributed by atoms with van der Waals surface area (Å²) in [7, 11) is 0. The van der Waals surface area contributed by atoms with E-state index in [1.54, 1.807) is 18.2 Å². The molecule has 0 fully saturated rings. The van der Waals surface area contributed by atoms with Gasteiger partial charge in [0.2, 0.25) is 5.91 Å². The summed E-state index contributed by atoms with van der Waals surface area (Å²) in [4.78, 5) is 22.1. The maximum Gasteiger partial charge on any atom is 0.292 e. The largest absolute Gasteiger partial charge is 0.317 e. The second kappa shape index (κ2) is 6.81. The number of benzene rings is 2. The molecule has 0 saturated heterocycles. The van der Waals surface area contributed by atoms with Crippen molar-refractivity contribution in [1.29, 1.82) is 0 Å². The molecule has 0 aliphatic rings. The minimum Gasteiger partial charge on any atom is -0.317 e. The number of amides is 1. The molecule has 2 aromatic rings. The summed E-state index contributed by atoms with van der Waals surface area (Å²) in [5, 5.41) is 13.3. The van der Waals surface area contributed by atoms with Crippen LogP contribution in [0.1, 0.15) is 5.56 Å². The molecule has 0 aliphatic carbocycles. The maximum atomic E-state index is 11.8. The Bertz CT molecular complexity index is 714. The number of carbonyl (C=O) groups excluding carboxylic acids is 1. The Hall–Kier alpha value is -2.47. The zero-order valence-electron chi connectivity index (χ0n) is 10.8. The molecule has 5 nitrogen and oxygen atoms in total. The smallest absolute Gasteiger partial charge is 0.292 e. The van der Waals surface area contributed by atoms with E-state index in [-0.39, 0.29) is 11.4 Å². The molecule has 2 rings (SSSR count). The average molecular weight is 347 g/mol. The Morgan fingerprint density at radius 2 is 1.95 bits per heavy atom. The van der Waals surface area contributed by atoms with Gasteiger partial charge in [0, 0.05) is 16.6 Å². The van der Waals surface area contributed by atoms with Gasteiger partial charge in [-0.3, -0.25) is 14.9 Å². The summed E-state index contributed by atoms with van der Waals surface area (Å²) in [6.07, 6.45) is 2.97. The highest BCUT2D eigenvalue weighted by Crippen LogP contribution is 2.23. The minimum absolute atomic E-state index is 0.137. The van der Waals surface area contributed by atoms with Crippen LogP contribution in [0.15, 0.2) is 59.1 Å². The van der Waals surface area contributed by atoms with Crippen molar-refractivity contribution in [3.63, 3.8) is 0 Å². The summed E-state index contributed by atoms with van der Waals surface area (Å²) in [6, 6.07) is 13.4. The van der Waals surface area contributed by atoms with Crippen LogP contribution >= 0.6 is 15.9 Å². The number of nitro groups is 1. The Balaban J connectivity index is 2.10. The van der Waals surface area contributed by atoms with Crippen LogP contribution < -0.4 is 5.32 Å². The van der Waals surface area contributed by atoms with E-state index in [1.165, 1.54) is 18.2 Å². The van der Waals surface area contributed by atoms with Crippen LogP contribution in [0.25, 0.3) is 6.08 Å². The first-order valence-corrected chi connectivity index (χ1v) is 6.83. The van der Waals surface area contributed by atoms with Gasteiger partial charge in [-0.2, -0.15) is 0 Å². The number of nitrogens with one attached hydrogen (secondary N) is 1. The van der Waals surface area contributed by atoms with Gasteiger partial charge in [0.15, 0.2) is 0 Å². The van der Waals surface area contributed by atoms with Gasteiger partial charge in [0.05, 0.1) is 4.92 Å². The number of nitro benzene ring substituents is 1. The van der Waals surface area contributed by atoms with Crippen LogP contribution in [0.2, 0.25) is 0 Å². The second-order valence-corrected chi connectivity index (χ2v) is 5.07. The fourth-order valence-electron chi connectivity index (χ4n) is 1.70. The van der Waals surface area contributed by atoms with E-state index in [0.29, 0.717) is 0 Å². The van der Waals surface area contributed by atoms with Crippen molar-refractivity contribution >= 4 is 39.3 Å². The van der Waals surface area contributed by atoms with Gasteiger partial charge in [0.25, 0.3) is 5.69 Å². The molecule has 0 heterocycles. The number of nitrogens with zero attached hydrogens (tertiary/aromatic N) is 1. The molecule has 0 aliphatic heterocycles. The minimum atomic E-state index is -0.534. The molecule has 2 aromatic carbocycles. The van der Waals surface area contributed by atoms with Gasteiger partial charge in [-0.15, -0.1) is 0 Å². The summed E-state index contributed by atoms with van der Waals surface area (Å²) in [5.41, 5.74) is 0.884. The van der Waals surface area contributed by atoms with Gasteiger partial charge in [0.1, 0.15) is 5.69 Å². The van der Waals surface area contributed by atoms with Crippen molar-refractivity contribution in [2.45, 2.75) is 0 Å². The van der Waals surface area contributed by atoms with Crippen molar-refractivity contribution < 1.29 is 9.72 Å². The lowest BCUT2D eigenvalue weighted by molar-refractivity contribution is -0.383. The Kier molecular flexibility index (Phi) is 4.84. The van der Waals surface area contributed by atoms with Gasteiger partial charge < -0.3 is 5.32 Å². The molecule has 21 heavy (non-hydrogen) atoms. The first-order valence-electron chi connectivity index (χ1n) is 6.04. The van der Waals surface area contributed by atoms with Crippen molar-refractivity contribution in [3.8, 4) is 0 Å². The van der Waals surface area contributed by atoms with Crippen LogP contribution in [0.3, 0.4) is 0 Å². The number of halogens is 1. The van der Waals surface area contributed by atoms with Crippen LogP contribution in [-0.4, -0.2) is 10.8 Å². The zero-order valence-corrected chi connectivity index (χ0v) is 12.4. The Morgan fingerprint density at radius 3 is 2.67 bits per heavy atom. The number of anilines is 1. The molecule has 0 saturated carbocycles. The predicted molar refractivity (Wildman–Crippen MR) is 84.9 cm³/mol. The molecule has 1 N–H and O–H groups in total. The van der Waals surface area contributed by atoms with Crippen molar-refractivity contribution in [3.05, 3.63) is 74.8 Å². The van der Waals surface area contributed by atoms with Crippen LogP contribution in [0.4, 0.5) is 11.4 Å². The monoisotopic (exact) mass is 346 g/mol. The number of hydrogen-bond donors (Lipinski definition) is 1. The van der Waals surface area contributed by atoms with Crippen molar-refractivity contribution in [2.75, 3.05) is 5.32 Å². The van der Waals surface area contributed by atoms with E-state index in [2.05, 4.69) is 21.2 Å².